The van der Waals surface area contributed by atoms with Crippen molar-refractivity contribution in [3.8, 4) is 0 Å². The number of nitrogens with one attached hydrogen (secondary N) is 1. The number of aryl methyl sites for hydroxylation is 1. The molecule has 0 saturated heterocycles. The van der Waals surface area contributed by atoms with E-state index in [0.717, 1.165) is 16.9 Å². The number of anilines is 1. The summed E-state index contributed by atoms with van der Waals surface area (Å²) in [6, 6.07) is 11.1. The van der Waals surface area contributed by atoms with E-state index in [1.54, 1.807) is 13.0 Å². The molecule has 1 atom stereocenters. The summed E-state index contributed by atoms with van der Waals surface area (Å²) >= 11 is 1.08. The smallest absolute Gasteiger partial charge is 0.346 e. The highest BCUT2D eigenvalue weighted by atomic mass is 32.1. The molecular weight excluding hydrogens is 274 g/mol. The van der Waals surface area contributed by atoms with E-state index >= 15 is 0 Å². The number of benzene rings is 1. The molecule has 2 aromatic rings. The van der Waals surface area contributed by atoms with Gasteiger partial charge in [0.05, 0.1) is 10.9 Å². The molecule has 0 bridgehead atoms. The van der Waals surface area contributed by atoms with E-state index in [1.165, 1.54) is 0 Å². The van der Waals surface area contributed by atoms with Crippen LogP contribution in [0.2, 0.25) is 0 Å². The van der Waals surface area contributed by atoms with Crippen LogP contribution in [-0.4, -0.2) is 17.0 Å². The minimum atomic E-state index is -0.968. The van der Waals surface area contributed by atoms with E-state index in [-0.39, 0.29) is 16.7 Å². The van der Waals surface area contributed by atoms with Crippen LogP contribution < -0.4 is 5.32 Å². The second-order valence-electron chi connectivity index (χ2n) is 4.55. The predicted molar refractivity (Wildman–Crippen MR) is 79.5 cm³/mol. The fraction of sp³-hybridized carbons (Fsp3) is 0.200. The molecule has 0 aliphatic rings. The van der Waals surface area contributed by atoms with Gasteiger partial charge in [-0.25, -0.2) is 4.79 Å². The molecule has 4 nitrogen and oxygen atoms in total. The first-order chi connectivity index (χ1) is 9.49. The van der Waals surface area contributed by atoms with Crippen LogP contribution in [0.3, 0.4) is 0 Å². The van der Waals surface area contributed by atoms with Gasteiger partial charge in [-0.1, -0.05) is 30.3 Å². The van der Waals surface area contributed by atoms with Crippen LogP contribution in [-0.2, 0) is 4.79 Å². The molecule has 104 valence electrons. The van der Waals surface area contributed by atoms with Gasteiger partial charge in [-0.15, -0.1) is 11.3 Å². The van der Waals surface area contributed by atoms with Crippen LogP contribution in [0, 0.1) is 6.92 Å². The van der Waals surface area contributed by atoms with Gasteiger partial charge in [-0.3, -0.25) is 4.79 Å². The Balaban J connectivity index is 2.12. The molecule has 2 rings (SSSR count). The van der Waals surface area contributed by atoms with Crippen molar-refractivity contribution in [3.05, 3.63) is 52.4 Å². The van der Waals surface area contributed by atoms with Crippen molar-refractivity contribution in [1.29, 1.82) is 0 Å². The van der Waals surface area contributed by atoms with Gasteiger partial charge in [0.2, 0.25) is 5.91 Å². The van der Waals surface area contributed by atoms with Crippen molar-refractivity contribution in [1.82, 2.24) is 0 Å². The van der Waals surface area contributed by atoms with Crippen LogP contribution >= 0.6 is 11.3 Å². The van der Waals surface area contributed by atoms with Gasteiger partial charge in [0.25, 0.3) is 0 Å². The lowest BCUT2D eigenvalue weighted by Gasteiger charge is -2.11. The van der Waals surface area contributed by atoms with Crippen LogP contribution in [0.25, 0.3) is 0 Å². The van der Waals surface area contributed by atoms with Crippen LogP contribution in [0.1, 0.15) is 33.6 Å². The molecule has 1 aromatic heterocycles. The minimum Gasteiger partial charge on any atom is -0.477 e. The third kappa shape index (κ3) is 3.05. The summed E-state index contributed by atoms with van der Waals surface area (Å²) in [5.41, 5.74) is 1.59. The molecule has 0 saturated carbocycles. The van der Waals surface area contributed by atoms with Crippen molar-refractivity contribution in [2.45, 2.75) is 19.8 Å². The maximum atomic E-state index is 12.2. The van der Waals surface area contributed by atoms with Gasteiger partial charge in [-0.05, 0) is 31.0 Å². The third-order valence-corrected chi connectivity index (χ3v) is 4.19. The van der Waals surface area contributed by atoms with Crippen molar-refractivity contribution in [3.63, 3.8) is 0 Å². The zero-order valence-electron chi connectivity index (χ0n) is 11.2. The van der Waals surface area contributed by atoms with Crippen molar-refractivity contribution in [2.24, 2.45) is 0 Å². The van der Waals surface area contributed by atoms with Crippen molar-refractivity contribution < 1.29 is 14.7 Å². The van der Waals surface area contributed by atoms with Gasteiger partial charge >= 0.3 is 5.97 Å². The Morgan fingerprint density at radius 1 is 1.25 bits per heavy atom. The second-order valence-corrected chi connectivity index (χ2v) is 5.60. The predicted octanol–water partition coefficient (Wildman–Crippen LogP) is 3.50. The molecule has 20 heavy (non-hydrogen) atoms. The lowest BCUT2D eigenvalue weighted by molar-refractivity contribution is -0.117. The Kier molecular flexibility index (Phi) is 4.20. The molecule has 0 fully saturated rings. The Morgan fingerprint density at radius 2 is 1.90 bits per heavy atom. The summed E-state index contributed by atoms with van der Waals surface area (Å²) in [6.45, 7) is 3.54. The van der Waals surface area contributed by atoms with Crippen molar-refractivity contribution in [2.75, 3.05) is 5.32 Å². The van der Waals surface area contributed by atoms with E-state index in [9.17, 15) is 9.59 Å². The number of thiophene rings is 1. The normalized spacial score (nSPS) is 11.9. The Morgan fingerprint density at radius 3 is 2.45 bits per heavy atom. The van der Waals surface area contributed by atoms with Gasteiger partial charge in [0, 0.05) is 0 Å². The zero-order valence-corrected chi connectivity index (χ0v) is 12.0. The topological polar surface area (TPSA) is 66.4 Å². The first-order valence-electron chi connectivity index (χ1n) is 6.18. The SMILES string of the molecule is Cc1cc(NC(=O)C(C)c2ccccc2)sc1C(=O)O. The number of hydrogen-bond acceptors (Lipinski definition) is 3. The van der Waals surface area contributed by atoms with Gasteiger partial charge in [0.1, 0.15) is 4.88 Å². The monoisotopic (exact) mass is 289 g/mol. The highest BCUT2D eigenvalue weighted by Gasteiger charge is 2.18. The first-order valence-corrected chi connectivity index (χ1v) is 7.00. The largest absolute Gasteiger partial charge is 0.477 e. The van der Waals surface area contributed by atoms with E-state index in [2.05, 4.69) is 5.32 Å². The van der Waals surface area contributed by atoms with Crippen molar-refractivity contribution >= 4 is 28.2 Å². The fourth-order valence-electron chi connectivity index (χ4n) is 1.88. The van der Waals surface area contributed by atoms with E-state index in [0.29, 0.717) is 10.6 Å². The first kappa shape index (κ1) is 14.3. The molecule has 1 aromatic carbocycles. The van der Waals surface area contributed by atoms with E-state index in [1.807, 2.05) is 37.3 Å². The molecule has 2 N–H and O–H groups in total. The summed E-state index contributed by atoms with van der Waals surface area (Å²) in [5, 5.41) is 12.3. The Labute approximate surface area is 121 Å². The summed E-state index contributed by atoms with van der Waals surface area (Å²) in [4.78, 5) is 23.4. The average molecular weight is 289 g/mol. The average Bonchev–Trinajstić information content (AvgIpc) is 2.79. The summed E-state index contributed by atoms with van der Waals surface area (Å²) in [7, 11) is 0. The number of amides is 1. The molecule has 5 heteroatoms. The standard InChI is InChI=1S/C15H15NO3S/c1-9-8-12(20-13(9)15(18)19)16-14(17)10(2)11-6-4-3-5-7-11/h3-8,10H,1-2H3,(H,16,17)(H,18,19). The fourth-order valence-corrected chi connectivity index (χ4v) is 2.79. The zero-order chi connectivity index (χ0) is 14.7. The highest BCUT2D eigenvalue weighted by Crippen LogP contribution is 2.27. The van der Waals surface area contributed by atoms with Crippen LogP contribution in [0.4, 0.5) is 5.00 Å². The molecular formula is C15H15NO3S. The molecule has 1 heterocycles. The number of hydrogen-bond donors (Lipinski definition) is 2. The number of carbonyl (C=O) groups is 2. The molecule has 1 amide bonds. The second kappa shape index (κ2) is 5.88. The summed E-state index contributed by atoms with van der Waals surface area (Å²) in [5.74, 6) is -1.40. The van der Waals surface area contributed by atoms with Crippen LogP contribution in [0.5, 0.6) is 0 Å². The van der Waals surface area contributed by atoms with Gasteiger partial charge in [-0.2, -0.15) is 0 Å². The number of carboxylic acids is 1. The summed E-state index contributed by atoms with van der Waals surface area (Å²) < 4.78 is 0. The number of aromatic carboxylic acids is 1. The summed E-state index contributed by atoms with van der Waals surface area (Å²) in [6.07, 6.45) is 0. The lowest BCUT2D eigenvalue weighted by atomic mass is 10.0. The number of carboxylic acid groups (broad SMARTS) is 1. The third-order valence-electron chi connectivity index (χ3n) is 3.05. The number of rotatable bonds is 4. The Hall–Kier alpha value is -2.14. The van der Waals surface area contributed by atoms with E-state index in [4.69, 9.17) is 5.11 Å². The minimum absolute atomic E-state index is 0.144. The maximum Gasteiger partial charge on any atom is 0.346 e. The van der Waals surface area contributed by atoms with Crippen LogP contribution in [0.15, 0.2) is 36.4 Å². The quantitative estimate of drug-likeness (QED) is 0.905. The Bertz CT molecular complexity index is 634. The van der Waals surface area contributed by atoms with Gasteiger partial charge < -0.3 is 10.4 Å². The molecule has 1 unspecified atom stereocenters. The lowest BCUT2D eigenvalue weighted by Crippen LogP contribution is -2.18. The highest BCUT2D eigenvalue weighted by molar-refractivity contribution is 7.18. The number of carbonyl (C=O) groups excluding carboxylic acids is 1. The van der Waals surface area contributed by atoms with E-state index < -0.39 is 5.97 Å². The maximum absolute atomic E-state index is 12.2. The molecule has 0 aliphatic carbocycles. The molecule has 0 aliphatic heterocycles. The molecule has 0 radical (unpaired) electrons. The van der Waals surface area contributed by atoms with Gasteiger partial charge in [0.15, 0.2) is 0 Å². The molecule has 0 spiro atoms.